The number of fused-ring (bicyclic) bond motifs is 1. The first kappa shape index (κ1) is 17.4. The highest BCUT2D eigenvalue weighted by atomic mass is 32.1. The van der Waals surface area contributed by atoms with Crippen LogP contribution < -0.4 is 5.32 Å². The van der Waals surface area contributed by atoms with Crippen LogP contribution in [0.5, 0.6) is 0 Å². The molecule has 6 nitrogen and oxygen atoms in total. The topological polar surface area (TPSA) is 65.5 Å². The van der Waals surface area contributed by atoms with Gasteiger partial charge in [-0.3, -0.25) is 9.69 Å². The first-order valence-corrected chi connectivity index (χ1v) is 9.96. The molecule has 138 valence electrons. The molecule has 1 saturated heterocycles. The second-order valence-corrected chi connectivity index (χ2v) is 8.77. The van der Waals surface area contributed by atoms with Gasteiger partial charge in [0.15, 0.2) is 0 Å². The summed E-state index contributed by atoms with van der Waals surface area (Å²) in [5, 5.41) is 3.97. The molecular weight excluding hydrogens is 348 g/mol. The molecule has 0 bridgehead atoms. The number of urea groups is 1. The lowest BCUT2D eigenvalue weighted by Crippen LogP contribution is -2.49. The normalized spacial score (nSPS) is 26.3. The number of aromatic nitrogens is 1. The lowest BCUT2D eigenvalue weighted by atomic mass is 9.77. The minimum absolute atomic E-state index is 0.0643. The van der Waals surface area contributed by atoms with Crippen molar-refractivity contribution in [3.63, 3.8) is 0 Å². The van der Waals surface area contributed by atoms with E-state index in [9.17, 15) is 9.59 Å². The predicted octanol–water partition coefficient (Wildman–Crippen LogP) is 3.19. The van der Waals surface area contributed by atoms with E-state index in [2.05, 4.69) is 23.3 Å². The summed E-state index contributed by atoms with van der Waals surface area (Å²) in [6, 6.07) is 7.78. The molecule has 2 fully saturated rings. The van der Waals surface area contributed by atoms with E-state index in [-0.39, 0.29) is 18.6 Å². The Kier molecular flexibility index (Phi) is 4.44. The molecule has 2 aliphatic rings. The van der Waals surface area contributed by atoms with Crippen molar-refractivity contribution in [1.82, 2.24) is 20.1 Å². The molecule has 26 heavy (non-hydrogen) atoms. The summed E-state index contributed by atoms with van der Waals surface area (Å²) in [4.78, 5) is 33.3. The summed E-state index contributed by atoms with van der Waals surface area (Å²) in [6.45, 7) is 3.11. The average molecular weight is 372 g/mol. The lowest BCUT2D eigenvalue weighted by molar-refractivity contribution is -0.134. The van der Waals surface area contributed by atoms with Gasteiger partial charge >= 0.3 is 6.03 Å². The number of para-hydroxylation sites is 1. The fourth-order valence-corrected chi connectivity index (χ4v) is 4.96. The van der Waals surface area contributed by atoms with Crippen molar-refractivity contribution in [3.05, 3.63) is 29.3 Å². The Balaban J connectivity index is 1.43. The number of carbonyl (C=O) groups is 2. The van der Waals surface area contributed by atoms with Gasteiger partial charge in [0.1, 0.15) is 10.5 Å². The van der Waals surface area contributed by atoms with E-state index in [1.54, 1.807) is 11.3 Å². The van der Waals surface area contributed by atoms with E-state index in [1.807, 2.05) is 30.1 Å². The largest absolute Gasteiger partial charge is 0.326 e. The van der Waals surface area contributed by atoms with E-state index < -0.39 is 5.54 Å². The van der Waals surface area contributed by atoms with Crippen molar-refractivity contribution in [1.29, 1.82) is 0 Å². The van der Waals surface area contributed by atoms with E-state index in [0.717, 1.165) is 40.9 Å². The number of benzene rings is 1. The van der Waals surface area contributed by atoms with Crippen molar-refractivity contribution in [2.24, 2.45) is 5.92 Å². The molecule has 0 atom stereocenters. The van der Waals surface area contributed by atoms with Crippen LogP contribution >= 0.6 is 11.3 Å². The molecule has 7 heteroatoms. The van der Waals surface area contributed by atoms with Crippen LogP contribution in [-0.2, 0) is 11.3 Å². The number of imide groups is 1. The maximum atomic E-state index is 12.9. The number of thiazole rings is 1. The maximum absolute atomic E-state index is 12.9. The zero-order valence-corrected chi connectivity index (χ0v) is 16.0. The van der Waals surface area contributed by atoms with Gasteiger partial charge in [-0.15, -0.1) is 11.3 Å². The molecule has 2 heterocycles. The third-order valence-electron chi connectivity index (χ3n) is 5.50. The van der Waals surface area contributed by atoms with Gasteiger partial charge in [0.05, 0.1) is 23.4 Å². The summed E-state index contributed by atoms with van der Waals surface area (Å²) in [7, 11) is 1.92. The molecule has 2 aromatic rings. The summed E-state index contributed by atoms with van der Waals surface area (Å²) >= 11 is 1.65. The summed E-state index contributed by atoms with van der Waals surface area (Å²) < 4.78 is 1.15. The number of nitrogens with one attached hydrogen (secondary N) is 1. The van der Waals surface area contributed by atoms with E-state index in [1.165, 1.54) is 4.90 Å². The number of hydrogen-bond donors (Lipinski definition) is 1. The molecule has 4 rings (SSSR count). The van der Waals surface area contributed by atoms with Crippen molar-refractivity contribution in [3.8, 4) is 0 Å². The average Bonchev–Trinajstić information content (AvgIpc) is 3.11. The molecule has 1 aromatic heterocycles. The molecule has 1 aliphatic heterocycles. The zero-order valence-electron chi connectivity index (χ0n) is 15.2. The molecule has 1 aliphatic carbocycles. The van der Waals surface area contributed by atoms with Crippen LogP contribution in [-0.4, -0.2) is 46.0 Å². The van der Waals surface area contributed by atoms with E-state index in [4.69, 9.17) is 0 Å². The van der Waals surface area contributed by atoms with Gasteiger partial charge in [0.25, 0.3) is 5.91 Å². The van der Waals surface area contributed by atoms with Gasteiger partial charge in [0.2, 0.25) is 0 Å². The van der Waals surface area contributed by atoms with Crippen molar-refractivity contribution in [2.75, 3.05) is 13.7 Å². The van der Waals surface area contributed by atoms with Crippen molar-refractivity contribution in [2.45, 2.75) is 44.7 Å². The van der Waals surface area contributed by atoms with Crippen LogP contribution in [0.1, 0.15) is 37.6 Å². The highest BCUT2D eigenvalue weighted by Gasteiger charge is 2.52. The number of carbonyl (C=O) groups excluding carboxylic acids is 2. The lowest BCUT2D eigenvalue weighted by Gasteiger charge is -2.33. The number of nitrogens with zero attached hydrogens (tertiary/aromatic N) is 3. The SMILES string of the molecule is CC1CCC2(CC1)NC(=O)N(CN(C)Cc1nc3ccccc3s1)C2=O. The molecule has 1 aromatic carbocycles. The maximum Gasteiger partial charge on any atom is 0.326 e. The Labute approximate surface area is 157 Å². The van der Waals surface area contributed by atoms with E-state index in [0.29, 0.717) is 12.5 Å². The van der Waals surface area contributed by atoms with Gasteiger partial charge in [-0.2, -0.15) is 0 Å². The Bertz CT molecular complexity index is 808. The Hall–Kier alpha value is -1.99. The van der Waals surface area contributed by atoms with Crippen LogP contribution in [0.25, 0.3) is 10.2 Å². The van der Waals surface area contributed by atoms with Gasteiger partial charge < -0.3 is 5.32 Å². The summed E-state index contributed by atoms with van der Waals surface area (Å²) in [5.74, 6) is 0.562. The first-order chi connectivity index (χ1) is 12.5. The van der Waals surface area contributed by atoms with Gasteiger partial charge in [-0.25, -0.2) is 14.7 Å². The zero-order chi connectivity index (χ0) is 18.3. The Morgan fingerprint density at radius 3 is 2.77 bits per heavy atom. The van der Waals surface area contributed by atoms with Crippen molar-refractivity contribution >= 4 is 33.5 Å². The third kappa shape index (κ3) is 3.10. The third-order valence-corrected chi connectivity index (χ3v) is 6.52. The molecule has 1 spiro atoms. The highest BCUT2D eigenvalue weighted by Crippen LogP contribution is 2.36. The molecular formula is C19H24N4O2S. The number of rotatable bonds is 4. The molecule has 1 N–H and O–H groups in total. The number of amides is 3. The van der Waals surface area contributed by atoms with Gasteiger partial charge in [0, 0.05) is 0 Å². The molecule has 3 amide bonds. The molecule has 0 radical (unpaired) electrons. The van der Waals surface area contributed by atoms with Crippen LogP contribution in [0.2, 0.25) is 0 Å². The second kappa shape index (κ2) is 6.63. The molecule has 0 unspecified atom stereocenters. The fraction of sp³-hybridized carbons (Fsp3) is 0.526. The summed E-state index contributed by atoms with van der Waals surface area (Å²) in [5.41, 5.74) is 0.325. The van der Waals surface area contributed by atoms with Crippen LogP contribution in [0, 0.1) is 5.92 Å². The monoisotopic (exact) mass is 372 g/mol. The summed E-state index contributed by atoms with van der Waals surface area (Å²) in [6.07, 6.45) is 3.47. The minimum Gasteiger partial charge on any atom is -0.323 e. The standard InChI is InChI=1S/C19H24N4O2S/c1-13-7-9-19(10-8-13)17(24)23(18(25)21-19)12-22(2)11-16-20-14-5-3-4-6-15(14)26-16/h3-6,13H,7-12H2,1-2H3,(H,21,25). The van der Waals surface area contributed by atoms with Crippen molar-refractivity contribution < 1.29 is 9.59 Å². The van der Waals surface area contributed by atoms with Crippen LogP contribution in [0.4, 0.5) is 4.79 Å². The Morgan fingerprint density at radius 2 is 2.04 bits per heavy atom. The van der Waals surface area contributed by atoms with Crippen LogP contribution in [0.15, 0.2) is 24.3 Å². The predicted molar refractivity (Wildman–Crippen MR) is 102 cm³/mol. The van der Waals surface area contributed by atoms with Gasteiger partial charge in [-0.05, 0) is 50.8 Å². The number of hydrogen-bond acceptors (Lipinski definition) is 5. The second-order valence-electron chi connectivity index (χ2n) is 7.66. The van der Waals surface area contributed by atoms with Gasteiger partial charge in [-0.1, -0.05) is 19.1 Å². The Morgan fingerprint density at radius 1 is 1.31 bits per heavy atom. The quantitative estimate of drug-likeness (QED) is 0.837. The first-order valence-electron chi connectivity index (χ1n) is 9.14. The highest BCUT2D eigenvalue weighted by molar-refractivity contribution is 7.18. The van der Waals surface area contributed by atoms with Crippen LogP contribution in [0.3, 0.4) is 0 Å². The van der Waals surface area contributed by atoms with E-state index >= 15 is 0 Å². The fourth-order valence-electron chi connectivity index (χ4n) is 3.91. The smallest absolute Gasteiger partial charge is 0.323 e. The minimum atomic E-state index is -0.666. The molecule has 1 saturated carbocycles.